The Kier molecular flexibility index (Phi) is 5.09. The van der Waals surface area contributed by atoms with Crippen LogP contribution in [0.1, 0.15) is 65.7 Å². The van der Waals surface area contributed by atoms with Crippen molar-refractivity contribution in [2.75, 3.05) is 5.32 Å². The fourth-order valence-corrected chi connectivity index (χ4v) is 4.56. The number of fused-ring (bicyclic) bond motifs is 1. The molecule has 176 valence electrons. The van der Waals surface area contributed by atoms with E-state index in [4.69, 9.17) is 4.98 Å². The topological polar surface area (TPSA) is 97.6 Å². The first-order chi connectivity index (χ1) is 17.0. The summed E-state index contributed by atoms with van der Waals surface area (Å²) in [6.45, 7) is 6.67. The number of aromatic nitrogens is 5. The SMILES string of the molecule is CCn1nc(-c2ccc(-c3ccc(C4CC4)cn3)nc2)nc1Nc1cc2c(cc1C)C(=O)NC2C. The van der Waals surface area contributed by atoms with Crippen LogP contribution in [0.4, 0.5) is 11.6 Å². The Balaban J connectivity index is 1.25. The number of carbonyl (C=O) groups is 1. The highest BCUT2D eigenvalue weighted by Crippen LogP contribution is 2.40. The molecule has 1 amide bonds. The van der Waals surface area contributed by atoms with Gasteiger partial charge in [0.15, 0.2) is 5.82 Å². The maximum atomic E-state index is 12.1. The molecule has 8 nitrogen and oxygen atoms in total. The molecule has 3 aromatic heterocycles. The molecule has 4 aromatic rings. The van der Waals surface area contributed by atoms with Gasteiger partial charge in [-0.25, -0.2) is 4.68 Å². The van der Waals surface area contributed by atoms with Crippen molar-refractivity contribution >= 4 is 17.5 Å². The van der Waals surface area contributed by atoms with Crippen LogP contribution < -0.4 is 10.6 Å². The lowest BCUT2D eigenvalue weighted by Gasteiger charge is -2.12. The van der Waals surface area contributed by atoms with Crippen molar-refractivity contribution in [1.82, 2.24) is 30.0 Å². The Hall–Kier alpha value is -4.07. The van der Waals surface area contributed by atoms with E-state index in [0.29, 0.717) is 24.2 Å². The summed E-state index contributed by atoms with van der Waals surface area (Å²) >= 11 is 0. The maximum Gasteiger partial charge on any atom is 0.252 e. The van der Waals surface area contributed by atoms with Crippen LogP contribution in [0.5, 0.6) is 0 Å². The van der Waals surface area contributed by atoms with Crippen molar-refractivity contribution in [3.63, 3.8) is 0 Å². The molecule has 0 bridgehead atoms. The number of aryl methyl sites for hydroxylation is 2. The van der Waals surface area contributed by atoms with Crippen LogP contribution >= 0.6 is 0 Å². The number of pyridine rings is 2. The molecule has 4 heterocycles. The molecule has 2 aliphatic rings. The van der Waals surface area contributed by atoms with Gasteiger partial charge in [0, 0.05) is 35.8 Å². The first kappa shape index (κ1) is 21.5. The number of amides is 1. The number of carbonyl (C=O) groups excluding carboxylic acids is 1. The molecule has 1 aliphatic carbocycles. The van der Waals surface area contributed by atoms with Crippen molar-refractivity contribution in [2.45, 2.75) is 52.1 Å². The van der Waals surface area contributed by atoms with Crippen LogP contribution in [-0.2, 0) is 6.54 Å². The summed E-state index contributed by atoms with van der Waals surface area (Å²) < 4.78 is 1.83. The monoisotopic (exact) mass is 465 g/mol. The summed E-state index contributed by atoms with van der Waals surface area (Å²) in [6.07, 6.45) is 6.30. The molecule has 0 saturated heterocycles. The molecule has 1 atom stereocenters. The van der Waals surface area contributed by atoms with E-state index in [2.05, 4.69) is 31.8 Å². The van der Waals surface area contributed by atoms with Crippen molar-refractivity contribution in [2.24, 2.45) is 0 Å². The average molecular weight is 466 g/mol. The van der Waals surface area contributed by atoms with Gasteiger partial charge in [-0.2, -0.15) is 4.98 Å². The number of rotatable bonds is 6. The van der Waals surface area contributed by atoms with Gasteiger partial charge in [0.05, 0.1) is 17.4 Å². The fourth-order valence-electron chi connectivity index (χ4n) is 4.56. The van der Waals surface area contributed by atoms with Crippen LogP contribution in [0.3, 0.4) is 0 Å². The second-order valence-electron chi connectivity index (χ2n) is 9.33. The smallest absolute Gasteiger partial charge is 0.252 e. The average Bonchev–Trinajstić information content (AvgIpc) is 3.59. The standard InChI is InChI=1S/C27H27N7O/c1-4-34-27(31-24-12-20-16(3)30-26(35)21(20)11-15(24)2)32-25(33-34)19-8-10-23(29-14-19)22-9-7-18(13-28-22)17-5-6-17/h7-14,16-17H,4-6H2,1-3H3,(H,30,35)(H,31,32,33). The molecule has 1 fully saturated rings. The van der Waals surface area contributed by atoms with E-state index in [0.717, 1.165) is 39.3 Å². The van der Waals surface area contributed by atoms with E-state index < -0.39 is 0 Å². The fraction of sp³-hybridized carbons (Fsp3) is 0.296. The van der Waals surface area contributed by atoms with Crippen LogP contribution in [0.25, 0.3) is 22.8 Å². The molecule has 35 heavy (non-hydrogen) atoms. The Bertz CT molecular complexity index is 1420. The van der Waals surface area contributed by atoms with E-state index in [9.17, 15) is 4.79 Å². The highest BCUT2D eigenvalue weighted by atomic mass is 16.2. The molecule has 1 aromatic carbocycles. The normalized spacial score (nSPS) is 16.8. The third kappa shape index (κ3) is 3.95. The van der Waals surface area contributed by atoms with Gasteiger partial charge in [-0.3, -0.25) is 14.8 Å². The summed E-state index contributed by atoms with van der Waals surface area (Å²) in [5, 5.41) is 11.1. The van der Waals surface area contributed by atoms with Crippen LogP contribution in [0.15, 0.2) is 48.8 Å². The van der Waals surface area contributed by atoms with Gasteiger partial charge < -0.3 is 10.6 Å². The largest absolute Gasteiger partial charge is 0.345 e. The van der Waals surface area contributed by atoms with E-state index in [1.54, 1.807) is 6.20 Å². The summed E-state index contributed by atoms with van der Waals surface area (Å²) in [4.78, 5) is 26.1. The van der Waals surface area contributed by atoms with Crippen molar-refractivity contribution in [3.8, 4) is 22.8 Å². The number of anilines is 2. The van der Waals surface area contributed by atoms with Gasteiger partial charge in [-0.1, -0.05) is 6.07 Å². The molecule has 1 saturated carbocycles. The number of nitrogens with one attached hydrogen (secondary N) is 2. The quantitative estimate of drug-likeness (QED) is 0.408. The van der Waals surface area contributed by atoms with Gasteiger partial charge in [0.2, 0.25) is 5.95 Å². The minimum absolute atomic E-state index is 0.0118. The first-order valence-corrected chi connectivity index (χ1v) is 12.1. The first-order valence-electron chi connectivity index (χ1n) is 12.1. The van der Waals surface area contributed by atoms with Crippen molar-refractivity contribution < 1.29 is 4.79 Å². The maximum absolute atomic E-state index is 12.1. The summed E-state index contributed by atoms with van der Waals surface area (Å²) in [5.74, 6) is 1.93. The van der Waals surface area contributed by atoms with Gasteiger partial charge >= 0.3 is 0 Å². The molecule has 0 radical (unpaired) electrons. The van der Waals surface area contributed by atoms with Gasteiger partial charge in [0.1, 0.15) is 0 Å². The highest BCUT2D eigenvalue weighted by Gasteiger charge is 2.27. The lowest BCUT2D eigenvalue weighted by Crippen LogP contribution is -2.16. The van der Waals surface area contributed by atoms with E-state index in [1.807, 2.05) is 62.0 Å². The Morgan fingerprint density at radius 2 is 1.86 bits per heavy atom. The molecule has 6 rings (SSSR count). The molecule has 1 unspecified atom stereocenters. The van der Waals surface area contributed by atoms with Gasteiger partial charge in [0.25, 0.3) is 5.91 Å². The van der Waals surface area contributed by atoms with E-state index in [-0.39, 0.29) is 11.9 Å². The van der Waals surface area contributed by atoms with Crippen LogP contribution in [0, 0.1) is 6.92 Å². The molecule has 0 spiro atoms. The number of hydrogen-bond donors (Lipinski definition) is 2. The zero-order chi connectivity index (χ0) is 24.1. The van der Waals surface area contributed by atoms with E-state index in [1.165, 1.54) is 18.4 Å². The minimum Gasteiger partial charge on any atom is -0.345 e. The third-order valence-corrected chi connectivity index (χ3v) is 6.79. The molecule has 2 N–H and O–H groups in total. The molecular formula is C27H27N7O. The zero-order valence-electron chi connectivity index (χ0n) is 20.0. The molecule has 1 aliphatic heterocycles. The zero-order valence-corrected chi connectivity index (χ0v) is 20.0. The summed E-state index contributed by atoms with van der Waals surface area (Å²) in [5.41, 5.74) is 7.47. The Morgan fingerprint density at radius 1 is 1.09 bits per heavy atom. The Morgan fingerprint density at radius 3 is 2.51 bits per heavy atom. The third-order valence-electron chi connectivity index (χ3n) is 6.79. The van der Waals surface area contributed by atoms with Crippen LogP contribution in [-0.4, -0.2) is 30.6 Å². The van der Waals surface area contributed by atoms with Gasteiger partial charge in [-0.05, 0) is 86.6 Å². The van der Waals surface area contributed by atoms with Crippen molar-refractivity contribution in [3.05, 3.63) is 71.0 Å². The second-order valence-corrected chi connectivity index (χ2v) is 9.33. The molecule has 8 heteroatoms. The van der Waals surface area contributed by atoms with E-state index >= 15 is 0 Å². The lowest BCUT2D eigenvalue weighted by atomic mass is 10.0. The van der Waals surface area contributed by atoms with Crippen molar-refractivity contribution in [1.29, 1.82) is 0 Å². The highest BCUT2D eigenvalue weighted by molar-refractivity contribution is 6.00. The predicted octanol–water partition coefficient (Wildman–Crippen LogP) is 5.16. The lowest BCUT2D eigenvalue weighted by molar-refractivity contribution is 0.0958. The summed E-state index contributed by atoms with van der Waals surface area (Å²) in [7, 11) is 0. The number of nitrogens with zero attached hydrogens (tertiary/aromatic N) is 5. The second kappa shape index (κ2) is 8.30. The number of benzene rings is 1. The predicted molar refractivity (Wildman–Crippen MR) is 134 cm³/mol. The summed E-state index contributed by atoms with van der Waals surface area (Å²) in [6, 6.07) is 12.1. The van der Waals surface area contributed by atoms with Gasteiger partial charge in [-0.15, -0.1) is 5.10 Å². The molecular weight excluding hydrogens is 438 g/mol. The number of hydrogen-bond acceptors (Lipinski definition) is 6. The minimum atomic E-state index is -0.0221. The Labute approximate surface area is 203 Å². The van der Waals surface area contributed by atoms with Crippen LogP contribution in [0.2, 0.25) is 0 Å².